The first-order valence-corrected chi connectivity index (χ1v) is 12.4. The predicted octanol–water partition coefficient (Wildman–Crippen LogP) is 6.05. The molecule has 0 radical (unpaired) electrons. The van der Waals surface area contributed by atoms with E-state index in [1.165, 1.54) is 6.21 Å². The molecule has 188 valence electrons. The maximum absolute atomic E-state index is 12.8. The summed E-state index contributed by atoms with van der Waals surface area (Å²) in [5.74, 6) is -0.742. The van der Waals surface area contributed by atoms with Crippen molar-refractivity contribution in [1.29, 1.82) is 0 Å². The van der Waals surface area contributed by atoms with Gasteiger partial charge in [0, 0.05) is 16.3 Å². The Morgan fingerprint density at radius 2 is 1.78 bits per heavy atom. The number of benzene rings is 3. The molecule has 0 aliphatic heterocycles. The van der Waals surface area contributed by atoms with Gasteiger partial charge >= 0.3 is 0 Å². The van der Waals surface area contributed by atoms with E-state index >= 15 is 0 Å². The van der Waals surface area contributed by atoms with Crippen LogP contribution < -0.4 is 20.2 Å². The number of nitrogens with zero attached hydrogens (tertiary/aromatic N) is 1. The van der Waals surface area contributed by atoms with Crippen LogP contribution in [-0.4, -0.2) is 25.1 Å². The lowest BCUT2D eigenvalue weighted by atomic mass is 9.94. The minimum absolute atomic E-state index is 0.234. The highest BCUT2D eigenvalue weighted by Crippen LogP contribution is 2.27. The van der Waals surface area contributed by atoms with Crippen LogP contribution in [0.25, 0.3) is 0 Å². The molecule has 3 rings (SSSR count). The molecule has 0 aliphatic rings. The highest BCUT2D eigenvalue weighted by Gasteiger charge is 2.30. The van der Waals surface area contributed by atoms with Crippen molar-refractivity contribution in [3.05, 3.63) is 87.4 Å². The smallest absolute Gasteiger partial charge is 0.252 e. The molecule has 2 N–H and O–H groups in total. The molecule has 0 aliphatic carbocycles. The maximum atomic E-state index is 12.8. The number of amides is 2. The van der Waals surface area contributed by atoms with E-state index in [4.69, 9.17) is 21.1 Å². The van der Waals surface area contributed by atoms with Crippen LogP contribution >= 0.6 is 27.5 Å². The highest BCUT2D eigenvalue weighted by molar-refractivity contribution is 9.10. The average Bonchev–Trinajstić information content (AvgIpc) is 2.84. The molecule has 1 unspecified atom stereocenters. The van der Waals surface area contributed by atoms with Crippen LogP contribution in [0.5, 0.6) is 11.5 Å². The Morgan fingerprint density at radius 3 is 2.42 bits per heavy atom. The van der Waals surface area contributed by atoms with E-state index in [0.717, 1.165) is 15.6 Å². The standard InChI is InChI=1S/C27H27BrClN3O4/c1-17(2)25(26(33)31-20-9-11-21(35-3)12-10-20)27(34)32-30-15-18-8-13-24(22(28)14-18)36-16-19-6-4-5-7-23(19)29/h4-15,17,25H,16H2,1-3H3,(H,31,33)(H,32,34). The predicted molar refractivity (Wildman–Crippen MR) is 146 cm³/mol. The molecule has 0 heterocycles. The summed E-state index contributed by atoms with van der Waals surface area (Å²) in [6.07, 6.45) is 1.50. The second-order valence-electron chi connectivity index (χ2n) is 8.24. The van der Waals surface area contributed by atoms with Crippen molar-refractivity contribution in [2.45, 2.75) is 20.5 Å². The van der Waals surface area contributed by atoms with Gasteiger partial charge in [0.1, 0.15) is 24.0 Å². The SMILES string of the molecule is COc1ccc(NC(=O)C(C(=O)NN=Cc2ccc(OCc3ccccc3Cl)c(Br)c2)C(C)C)cc1. The Labute approximate surface area is 224 Å². The summed E-state index contributed by atoms with van der Waals surface area (Å²) in [5, 5.41) is 7.45. The Hall–Kier alpha value is -3.36. The van der Waals surface area contributed by atoms with E-state index < -0.39 is 17.7 Å². The van der Waals surface area contributed by atoms with Crippen molar-refractivity contribution in [2.75, 3.05) is 12.4 Å². The van der Waals surface area contributed by atoms with Crippen LogP contribution in [0, 0.1) is 11.8 Å². The Balaban J connectivity index is 1.58. The Bertz CT molecular complexity index is 1230. The molecule has 0 fully saturated rings. The van der Waals surface area contributed by atoms with Gasteiger partial charge in [0.15, 0.2) is 0 Å². The number of nitrogens with one attached hydrogen (secondary N) is 2. The topological polar surface area (TPSA) is 89.0 Å². The quantitative estimate of drug-likeness (QED) is 0.176. The first kappa shape index (κ1) is 27.2. The molecule has 36 heavy (non-hydrogen) atoms. The summed E-state index contributed by atoms with van der Waals surface area (Å²) in [6.45, 7) is 3.94. The van der Waals surface area contributed by atoms with Crippen LogP contribution in [0.1, 0.15) is 25.0 Å². The van der Waals surface area contributed by atoms with Gasteiger partial charge in [-0.05, 0) is 75.9 Å². The van der Waals surface area contributed by atoms with Gasteiger partial charge in [-0.1, -0.05) is 43.6 Å². The van der Waals surface area contributed by atoms with Crippen molar-refractivity contribution in [2.24, 2.45) is 16.9 Å². The Kier molecular flexibility index (Phi) is 9.90. The monoisotopic (exact) mass is 571 g/mol. The van der Waals surface area contributed by atoms with E-state index in [9.17, 15) is 9.59 Å². The van der Waals surface area contributed by atoms with Crippen LogP contribution in [0.2, 0.25) is 5.02 Å². The molecule has 1 atom stereocenters. The minimum atomic E-state index is -0.920. The highest BCUT2D eigenvalue weighted by atomic mass is 79.9. The molecule has 0 saturated heterocycles. The van der Waals surface area contributed by atoms with Gasteiger partial charge < -0.3 is 14.8 Å². The first-order valence-electron chi connectivity index (χ1n) is 11.2. The van der Waals surface area contributed by atoms with Crippen LogP contribution in [-0.2, 0) is 16.2 Å². The van der Waals surface area contributed by atoms with Crippen molar-refractivity contribution in [1.82, 2.24) is 5.43 Å². The summed E-state index contributed by atoms with van der Waals surface area (Å²) in [6, 6.07) is 19.8. The number of hydrazone groups is 1. The number of carbonyl (C=O) groups is 2. The van der Waals surface area contributed by atoms with Crippen molar-refractivity contribution < 1.29 is 19.1 Å². The normalized spacial score (nSPS) is 11.8. The number of carbonyl (C=O) groups excluding carboxylic acids is 2. The van der Waals surface area contributed by atoms with E-state index in [1.54, 1.807) is 57.4 Å². The second kappa shape index (κ2) is 13.1. The summed E-state index contributed by atoms with van der Waals surface area (Å²) in [5.41, 5.74) is 4.66. The lowest BCUT2D eigenvalue weighted by Gasteiger charge is -2.18. The van der Waals surface area contributed by atoms with Gasteiger partial charge in [0.05, 0.1) is 17.8 Å². The van der Waals surface area contributed by atoms with Crippen molar-refractivity contribution in [3.63, 3.8) is 0 Å². The number of methoxy groups -OCH3 is 1. The molecule has 2 amide bonds. The molecule has 0 spiro atoms. The average molecular weight is 573 g/mol. The summed E-state index contributed by atoms with van der Waals surface area (Å²) in [7, 11) is 1.57. The van der Waals surface area contributed by atoms with Gasteiger partial charge in [-0.25, -0.2) is 5.43 Å². The first-order chi connectivity index (χ1) is 17.3. The van der Waals surface area contributed by atoms with E-state index in [1.807, 2.05) is 30.3 Å². The van der Waals surface area contributed by atoms with Gasteiger partial charge in [-0.2, -0.15) is 5.10 Å². The fraction of sp³-hybridized carbons (Fsp3) is 0.222. The maximum Gasteiger partial charge on any atom is 0.252 e. The molecule has 3 aromatic carbocycles. The third kappa shape index (κ3) is 7.57. The Morgan fingerprint density at radius 1 is 1.06 bits per heavy atom. The molecule has 0 bridgehead atoms. The van der Waals surface area contributed by atoms with Gasteiger partial charge in [0.2, 0.25) is 5.91 Å². The molecule has 0 aromatic heterocycles. The van der Waals surface area contributed by atoms with Crippen LogP contribution in [0.4, 0.5) is 5.69 Å². The van der Waals surface area contributed by atoms with Gasteiger partial charge in [0.25, 0.3) is 5.91 Å². The zero-order valence-corrected chi connectivity index (χ0v) is 22.5. The molecule has 9 heteroatoms. The van der Waals surface area contributed by atoms with Crippen molar-refractivity contribution in [3.8, 4) is 11.5 Å². The summed E-state index contributed by atoms with van der Waals surface area (Å²) >= 11 is 9.67. The summed E-state index contributed by atoms with van der Waals surface area (Å²) in [4.78, 5) is 25.5. The second-order valence-corrected chi connectivity index (χ2v) is 9.51. The molecule has 7 nitrogen and oxygen atoms in total. The minimum Gasteiger partial charge on any atom is -0.497 e. The van der Waals surface area contributed by atoms with Crippen LogP contribution in [0.15, 0.2) is 76.3 Å². The molecule has 3 aromatic rings. The van der Waals surface area contributed by atoms with E-state index in [2.05, 4.69) is 31.8 Å². The third-order valence-corrected chi connectivity index (χ3v) is 6.26. The molecule has 0 saturated carbocycles. The number of rotatable bonds is 10. The van der Waals surface area contributed by atoms with Gasteiger partial charge in [-0.3, -0.25) is 9.59 Å². The lowest BCUT2D eigenvalue weighted by Crippen LogP contribution is -2.39. The van der Waals surface area contributed by atoms with E-state index in [-0.39, 0.29) is 5.92 Å². The van der Waals surface area contributed by atoms with Gasteiger partial charge in [-0.15, -0.1) is 0 Å². The van der Waals surface area contributed by atoms with Crippen LogP contribution in [0.3, 0.4) is 0 Å². The lowest BCUT2D eigenvalue weighted by molar-refractivity contribution is -0.134. The molecular weight excluding hydrogens is 546 g/mol. The number of hydrogen-bond acceptors (Lipinski definition) is 5. The number of ether oxygens (including phenoxy) is 2. The fourth-order valence-electron chi connectivity index (χ4n) is 3.34. The largest absolute Gasteiger partial charge is 0.497 e. The number of hydrogen-bond donors (Lipinski definition) is 2. The van der Waals surface area contributed by atoms with Crippen molar-refractivity contribution >= 4 is 51.2 Å². The summed E-state index contributed by atoms with van der Waals surface area (Å²) < 4.78 is 11.7. The fourth-order valence-corrected chi connectivity index (χ4v) is 4.05. The molecular formula is C27H27BrClN3O4. The number of anilines is 1. The zero-order chi connectivity index (χ0) is 26.1. The van der Waals surface area contributed by atoms with E-state index in [0.29, 0.717) is 28.8 Å². The number of halogens is 2. The zero-order valence-electron chi connectivity index (χ0n) is 20.1. The third-order valence-electron chi connectivity index (χ3n) is 5.27.